The van der Waals surface area contributed by atoms with E-state index in [-0.39, 0.29) is 0 Å². The predicted octanol–water partition coefficient (Wildman–Crippen LogP) is -0.881. The molecule has 0 aliphatic heterocycles. The van der Waals surface area contributed by atoms with Crippen LogP contribution in [0.4, 0.5) is 4.79 Å². The van der Waals surface area contributed by atoms with E-state index in [1.807, 2.05) is 19.0 Å². The van der Waals surface area contributed by atoms with Gasteiger partial charge in [0.25, 0.3) is 0 Å². The van der Waals surface area contributed by atoms with E-state index in [9.17, 15) is 14.4 Å². The van der Waals surface area contributed by atoms with Gasteiger partial charge in [-0.05, 0) is 27.1 Å². The minimum absolute atomic E-state index is 0.368. The van der Waals surface area contributed by atoms with Crippen molar-refractivity contribution in [3.63, 3.8) is 0 Å². The summed E-state index contributed by atoms with van der Waals surface area (Å²) < 4.78 is 0. The average Bonchev–Trinajstić information content (AvgIpc) is 2.21. The number of hydrogen-bond acceptors (Lipinski definition) is 4. The Labute approximate surface area is 105 Å². The van der Waals surface area contributed by atoms with E-state index in [2.05, 4.69) is 5.32 Å². The first-order valence-electron chi connectivity index (χ1n) is 5.44. The van der Waals surface area contributed by atoms with E-state index in [0.717, 1.165) is 11.4 Å². The van der Waals surface area contributed by atoms with Gasteiger partial charge in [-0.25, -0.2) is 4.79 Å². The van der Waals surface area contributed by atoms with Crippen molar-refractivity contribution < 1.29 is 24.6 Å². The van der Waals surface area contributed by atoms with Crippen LogP contribution in [-0.2, 0) is 9.59 Å². The van der Waals surface area contributed by atoms with Crippen molar-refractivity contribution in [3.8, 4) is 0 Å². The van der Waals surface area contributed by atoms with Crippen LogP contribution in [0, 0.1) is 0 Å². The molecule has 0 saturated heterocycles. The number of urea groups is 1. The molecule has 8 nitrogen and oxygen atoms in total. The van der Waals surface area contributed by atoms with Crippen LogP contribution in [0.3, 0.4) is 0 Å². The lowest BCUT2D eigenvalue weighted by Crippen LogP contribution is -2.45. The Bertz CT molecular complexity index is 290. The summed E-state index contributed by atoms with van der Waals surface area (Å²) in [5.41, 5.74) is 0. The number of carboxylic acid groups (broad SMARTS) is 2. The minimum atomic E-state index is -1.25. The van der Waals surface area contributed by atoms with Crippen LogP contribution < -0.4 is 5.32 Å². The molecule has 104 valence electrons. The molecule has 3 N–H and O–H groups in total. The van der Waals surface area contributed by atoms with Gasteiger partial charge < -0.3 is 25.3 Å². The topological polar surface area (TPSA) is 110 Å². The molecule has 2 amide bonds. The normalized spacial score (nSPS) is 10.2. The molecule has 0 bridgehead atoms. The summed E-state index contributed by atoms with van der Waals surface area (Å²) in [5.74, 6) is -2.50. The third kappa shape index (κ3) is 8.34. The number of carbonyl (C=O) groups excluding carboxylic acids is 1. The summed E-state index contributed by atoms with van der Waals surface area (Å²) >= 11 is 0. The number of aliphatic carboxylic acids is 2. The Morgan fingerprint density at radius 3 is 1.94 bits per heavy atom. The highest BCUT2D eigenvalue weighted by atomic mass is 16.4. The van der Waals surface area contributed by atoms with Crippen LogP contribution in [0.5, 0.6) is 0 Å². The van der Waals surface area contributed by atoms with Gasteiger partial charge in [0.2, 0.25) is 0 Å². The minimum Gasteiger partial charge on any atom is -0.480 e. The molecule has 0 aliphatic rings. The zero-order valence-corrected chi connectivity index (χ0v) is 10.5. The van der Waals surface area contributed by atoms with Crippen LogP contribution in [0.15, 0.2) is 0 Å². The van der Waals surface area contributed by atoms with Crippen LogP contribution in [0.1, 0.15) is 6.42 Å². The molecule has 18 heavy (non-hydrogen) atoms. The second kappa shape index (κ2) is 8.29. The van der Waals surface area contributed by atoms with E-state index in [1.165, 1.54) is 0 Å². The van der Waals surface area contributed by atoms with E-state index < -0.39 is 31.1 Å². The lowest BCUT2D eigenvalue weighted by molar-refractivity contribution is -0.140. The number of nitrogens with one attached hydrogen (secondary N) is 1. The smallest absolute Gasteiger partial charge is 0.323 e. The van der Waals surface area contributed by atoms with Gasteiger partial charge >= 0.3 is 18.0 Å². The Morgan fingerprint density at radius 2 is 1.56 bits per heavy atom. The summed E-state index contributed by atoms with van der Waals surface area (Å²) in [4.78, 5) is 35.2. The van der Waals surface area contributed by atoms with Gasteiger partial charge in [0.15, 0.2) is 0 Å². The molecule has 0 aromatic heterocycles. The summed E-state index contributed by atoms with van der Waals surface area (Å²) in [6, 6.07) is -0.682. The van der Waals surface area contributed by atoms with Crippen LogP contribution >= 0.6 is 0 Å². The van der Waals surface area contributed by atoms with Crippen molar-refractivity contribution in [2.75, 3.05) is 40.3 Å². The largest absolute Gasteiger partial charge is 0.480 e. The van der Waals surface area contributed by atoms with Crippen molar-refractivity contribution in [1.29, 1.82) is 0 Å². The molecule has 0 aromatic rings. The number of rotatable bonds is 8. The van der Waals surface area contributed by atoms with Crippen LogP contribution in [-0.4, -0.2) is 78.3 Å². The van der Waals surface area contributed by atoms with Gasteiger partial charge in [0.1, 0.15) is 13.1 Å². The van der Waals surface area contributed by atoms with Gasteiger partial charge in [-0.1, -0.05) is 0 Å². The van der Waals surface area contributed by atoms with Crippen LogP contribution in [0.25, 0.3) is 0 Å². The Kier molecular flexibility index (Phi) is 7.45. The first-order chi connectivity index (χ1) is 8.32. The number of amides is 2. The van der Waals surface area contributed by atoms with E-state index >= 15 is 0 Å². The van der Waals surface area contributed by atoms with Crippen molar-refractivity contribution in [2.24, 2.45) is 0 Å². The monoisotopic (exact) mass is 261 g/mol. The summed E-state index contributed by atoms with van der Waals surface area (Å²) in [5, 5.41) is 19.6. The van der Waals surface area contributed by atoms with Gasteiger partial charge in [0.05, 0.1) is 0 Å². The third-order valence-electron chi connectivity index (χ3n) is 2.00. The number of carbonyl (C=O) groups is 3. The molecule has 0 aromatic carbocycles. The molecule has 0 saturated carbocycles. The third-order valence-corrected chi connectivity index (χ3v) is 2.00. The lowest BCUT2D eigenvalue weighted by atomic mass is 10.4. The van der Waals surface area contributed by atoms with Gasteiger partial charge in [-0.2, -0.15) is 0 Å². The summed E-state index contributed by atoms with van der Waals surface area (Å²) in [6.45, 7) is -0.122. The predicted molar refractivity (Wildman–Crippen MR) is 63.4 cm³/mol. The van der Waals surface area contributed by atoms with Crippen molar-refractivity contribution in [1.82, 2.24) is 15.1 Å². The van der Waals surface area contributed by atoms with E-state index in [4.69, 9.17) is 10.2 Å². The molecule has 0 heterocycles. The first kappa shape index (κ1) is 16.2. The fourth-order valence-electron chi connectivity index (χ4n) is 1.23. The Morgan fingerprint density at radius 1 is 1.06 bits per heavy atom. The zero-order valence-electron chi connectivity index (χ0n) is 10.5. The van der Waals surface area contributed by atoms with Gasteiger partial charge in [-0.3, -0.25) is 9.59 Å². The fraction of sp³-hybridized carbons (Fsp3) is 0.700. The summed E-state index contributed by atoms with van der Waals surface area (Å²) in [6.07, 6.45) is 0.701. The highest BCUT2D eigenvalue weighted by Crippen LogP contribution is 1.91. The maximum atomic E-state index is 11.5. The molecule has 0 radical (unpaired) electrons. The van der Waals surface area contributed by atoms with Crippen LogP contribution in [0.2, 0.25) is 0 Å². The number of nitrogens with zero attached hydrogens (tertiary/aromatic N) is 2. The Balaban J connectivity index is 4.12. The second-order valence-corrected chi connectivity index (χ2v) is 4.03. The molecule has 0 rings (SSSR count). The van der Waals surface area contributed by atoms with Gasteiger partial charge in [0, 0.05) is 6.54 Å². The molecule has 0 atom stereocenters. The molecule has 0 fully saturated rings. The highest BCUT2D eigenvalue weighted by molar-refractivity contribution is 5.84. The summed E-state index contributed by atoms with van der Waals surface area (Å²) in [7, 11) is 3.78. The fourth-order valence-corrected chi connectivity index (χ4v) is 1.23. The highest BCUT2D eigenvalue weighted by Gasteiger charge is 2.18. The lowest BCUT2D eigenvalue weighted by Gasteiger charge is -2.19. The average molecular weight is 261 g/mol. The molecule has 0 unspecified atom stereocenters. The molecule has 0 aliphatic carbocycles. The number of carboxylic acids is 2. The van der Waals surface area contributed by atoms with Crippen molar-refractivity contribution in [2.45, 2.75) is 6.42 Å². The SMILES string of the molecule is CN(C)CCCNC(=O)N(CC(=O)O)CC(=O)O. The first-order valence-corrected chi connectivity index (χ1v) is 5.44. The molecule has 0 spiro atoms. The standard InChI is InChI=1S/C10H19N3O5/c1-12(2)5-3-4-11-10(18)13(6-8(14)15)7-9(16)17/h3-7H2,1-2H3,(H,11,18)(H,14,15)(H,16,17). The quantitative estimate of drug-likeness (QED) is 0.489. The molecular formula is C10H19N3O5. The van der Waals surface area contributed by atoms with Crippen molar-refractivity contribution in [3.05, 3.63) is 0 Å². The van der Waals surface area contributed by atoms with E-state index in [0.29, 0.717) is 13.0 Å². The molecular weight excluding hydrogens is 242 g/mol. The Hall–Kier alpha value is -1.83. The van der Waals surface area contributed by atoms with Crippen molar-refractivity contribution >= 4 is 18.0 Å². The van der Waals surface area contributed by atoms with E-state index in [1.54, 1.807) is 0 Å². The number of hydrogen-bond donors (Lipinski definition) is 3. The van der Waals surface area contributed by atoms with Gasteiger partial charge in [-0.15, -0.1) is 0 Å². The molecule has 8 heteroatoms. The second-order valence-electron chi connectivity index (χ2n) is 4.03. The maximum absolute atomic E-state index is 11.5. The zero-order chi connectivity index (χ0) is 14.1. The maximum Gasteiger partial charge on any atom is 0.323 e.